The zero-order valence-electron chi connectivity index (χ0n) is 13.9. The van der Waals surface area contributed by atoms with Crippen LogP contribution in [0.4, 0.5) is 0 Å². The fraction of sp³-hybridized carbons (Fsp3) is 0.235. The minimum Gasteiger partial charge on any atom is -0.497 e. The molecule has 1 unspecified atom stereocenters. The lowest BCUT2D eigenvalue weighted by Crippen LogP contribution is -2.21. The number of sulfonamides is 1. The summed E-state index contributed by atoms with van der Waals surface area (Å²) in [4.78, 5) is 12.8. The van der Waals surface area contributed by atoms with Gasteiger partial charge in [0.15, 0.2) is 0 Å². The Kier molecular flexibility index (Phi) is 4.42. The summed E-state index contributed by atoms with van der Waals surface area (Å²) in [6.07, 6.45) is 0. The molecule has 0 aliphatic carbocycles. The van der Waals surface area contributed by atoms with Crippen molar-refractivity contribution in [1.82, 2.24) is 4.72 Å². The van der Waals surface area contributed by atoms with Crippen LogP contribution in [-0.4, -0.2) is 25.6 Å². The number of hydrogen-bond donors (Lipinski definition) is 1. The molecule has 0 radical (unpaired) electrons. The highest BCUT2D eigenvalue weighted by Crippen LogP contribution is 2.34. The lowest BCUT2D eigenvalue weighted by Gasteiger charge is -2.12. The van der Waals surface area contributed by atoms with Crippen LogP contribution < -0.4 is 9.46 Å². The van der Waals surface area contributed by atoms with Gasteiger partial charge in [0.05, 0.1) is 23.5 Å². The summed E-state index contributed by atoms with van der Waals surface area (Å²) in [5, 5.41) is 0. The highest BCUT2D eigenvalue weighted by Gasteiger charge is 2.36. The van der Waals surface area contributed by atoms with Crippen LogP contribution in [0.5, 0.6) is 5.75 Å². The lowest BCUT2D eigenvalue weighted by atomic mass is 9.97. The molecule has 1 aliphatic rings. The Morgan fingerprint density at radius 3 is 2.28 bits per heavy atom. The van der Waals surface area contributed by atoms with E-state index < -0.39 is 26.7 Å². The van der Waals surface area contributed by atoms with E-state index in [9.17, 15) is 17.4 Å². The van der Waals surface area contributed by atoms with Crippen LogP contribution in [0, 0.1) is 0 Å². The molecule has 1 N–H and O–H groups in total. The zero-order valence-corrected chi connectivity index (χ0v) is 15.5. The third-order valence-electron chi connectivity index (χ3n) is 3.96. The molecular weight excluding hydrogens is 362 g/mol. The monoisotopic (exact) mass is 379 g/mol. The largest absolute Gasteiger partial charge is 0.497 e. The van der Waals surface area contributed by atoms with Gasteiger partial charge in [-0.15, -0.1) is 0 Å². The topological polar surface area (TPSA) is 89.5 Å². The van der Waals surface area contributed by atoms with E-state index >= 15 is 0 Å². The summed E-state index contributed by atoms with van der Waals surface area (Å²) in [6.45, 7) is 3.71. The summed E-state index contributed by atoms with van der Waals surface area (Å²) < 4.78 is 44.3. The number of fused-ring (bicyclic) bond motifs is 1. The number of carbonyl (C=O) groups excluding carboxylic acids is 1. The quantitative estimate of drug-likeness (QED) is 0.881. The molecule has 0 aromatic heterocycles. The van der Waals surface area contributed by atoms with Crippen LogP contribution >= 0.6 is 0 Å². The van der Waals surface area contributed by atoms with E-state index in [1.54, 1.807) is 30.3 Å². The second kappa shape index (κ2) is 6.27. The number of methoxy groups -OCH3 is 1. The smallest absolute Gasteiger partial charge is 0.266 e. The number of amides is 1. The molecule has 1 aliphatic heterocycles. The third kappa shape index (κ3) is 3.07. The van der Waals surface area contributed by atoms with Gasteiger partial charge in [0.1, 0.15) is 10.6 Å². The van der Waals surface area contributed by atoms with Crippen LogP contribution in [0.2, 0.25) is 0 Å². The van der Waals surface area contributed by atoms with Gasteiger partial charge in [0.25, 0.3) is 15.9 Å². The van der Waals surface area contributed by atoms with Crippen molar-refractivity contribution in [2.24, 2.45) is 0 Å². The molecule has 8 heteroatoms. The Bertz CT molecular complexity index is 979. The third-order valence-corrected chi connectivity index (χ3v) is 6.68. The van der Waals surface area contributed by atoms with Gasteiger partial charge in [-0.2, -0.15) is 0 Å². The number of hydrogen-bond acceptors (Lipinski definition) is 5. The van der Waals surface area contributed by atoms with Crippen molar-refractivity contribution in [3.63, 3.8) is 0 Å². The van der Waals surface area contributed by atoms with Gasteiger partial charge >= 0.3 is 0 Å². The lowest BCUT2D eigenvalue weighted by molar-refractivity contribution is 0.0984. The second-order valence-corrected chi connectivity index (χ2v) is 9.05. The van der Waals surface area contributed by atoms with Crippen molar-refractivity contribution in [1.29, 1.82) is 0 Å². The maximum atomic E-state index is 12.9. The second-order valence-electron chi connectivity index (χ2n) is 5.92. The summed E-state index contributed by atoms with van der Waals surface area (Å²) in [5.41, 5.74) is 0.707. The number of ether oxygens (including phenoxy) is 1. The first-order valence-corrected chi connectivity index (χ1v) is 10.2. The molecule has 25 heavy (non-hydrogen) atoms. The molecule has 0 spiro atoms. The fourth-order valence-electron chi connectivity index (χ4n) is 2.69. The van der Waals surface area contributed by atoms with Gasteiger partial charge in [0, 0.05) is 9.79 Å². The highest BCUT2D eigenvalue weighted by atomic mass is 32.2. The van der Waals surface area contributed by atoms with Crippen molar-refractivity contribution in [3.05, 3.63) is 47.5 Å². The Labute approximate surface area is 148 Å². The van der Waals surface area contributed by atoms with Gasteiger partial charge in [-0.25, -0.2) is 17.3 Å². The highest BCUT2D eigenvalue weighted by molar-refractivity contribution is 7.90. The van der Waals surface area contributed by atoms with E-state index in [1.807, 2.05) is 18.6 Å². The van der Waals surface area contributed by atoms with Crippen LogP contribution in [0.3, 0.4) is 0 Å². The van der Waals surface area contributed by atoms with Gasteiger partial charge in [-0.3, -0.25) is 4.79 Å². The van der Waals surface area contributed by atoms with Crippen molar-refractivity contribution >= 4 is 26.7 Å². The van der Waals surface area contributed by atoms with Crippen LogP contribution in [0.1, 0.15) is 35.7 Å². The Balaban J connectivity index is 2.16. The summed E-state index contributed by atoms with van der Waals surface area (Å²) >= 11 is 0. The van der Waals surface area contributed by atoms with E-state index in [2.05, 4.69) is 0 Å². The zero-order chi connectivity index (χ0) is 18.4. The summed E-state index contributed by atoms with van der Waals surface area (Å²) in [6, 6.07) is 9.65. The molecule has 0 bridgehead atoms. The fourth-order valence-corrected chi connectivity index (χ4v) is 5.10. The SMILES string of the molecule is COc1ccc(S(=O)c2cc(C(C)C)c3c(c2)S(=O)(=O)NC3=O)cc1. The normalized spacial score (nSPS) is 16.4. The predicted molar refractivity (Wildman–Crippen MR) is 92.9 cm³/mol. The minimum absolute atomic E-state index is 0.0967. The van der Waals surface area contributed by atoms with E-state index in [-0.39, 0.29) is 16.4 Å². The van der Waals surface area contributed by atoms with Gasteiger partial charge in [-0.1, -0.05) is 13.8 Å². The average molecular weight is 379 g/mol. The molecule has 0 fully saturated rings. The van der Waals surface area contributed by atoms with E-state index in [0.717, 1.165) is 0 Å². The van der Waals surface area contributed by atoms with Crippen molar-refractivity contribution in [3.8, 4) is 5.75 Å². The molecule has 1 atom stereocenters. The first kappa shape index (κ1) is 17.6. The van der Waals surface area contributed by atoms with Crippen molar-refractivity contribution in [2.75, 3.05) is 7.11 Å². The molecule has 0 saturated heterocycles. The van der Waals surface area contributed by atoms with Crippen LogP contribution in [0.25, 0.3) is 0 Å². The van der Waals surface area contributed by atoms with Crippen molar-refractivity contribution < 1.29 is 22.2 Å². The van der Waals surface area contributed by atoms with E-state index in [1.165, 1.54) is 13.2 Å². The Morgan fingerprint density at radius 2 is 1.72 bits per heavy atom. The van der Waals surface area contributed by atoms with Gasteiger partial charge < -0.3 is 4.74 Å². The molecule has 6 nitrogen and oxygen atoms in total. The number of benzene rings is 2. The summed E-state index contributed by atoms with van der Waals surface area (Å²) in [5.74, 6) is -0.101. The van der Waals surface area contributed by atoms with Crippen LogP contribution in [-0.2, 0) is 20.8 Å². The first-order chi connectivity index (χ1) is 11.7. The molecule has 1 heterocycles. The van der Waals surface area contributed by atoms with E-state index in [0.29, 0.717) is 21.1 Å². The summed E-state index contributed by atoms with van der Waals surface area (Å²) in [7, 11) is -3.96. The molecule has 2 aromatic carbocycles. The number of carbonyl (C=O) groups is 1. The van der Waals surface area contributed by atoms with E-state index in [4.69, 9.17) is 4.74 Å². The predicted octanol–water partition coefficient (Wildman–Crippen LogP) is 2.42. The van der Waals surface area contributed by atoms with Crippen LogP contribution in [0.15, 0.2) is 51.1 Å². The first-order valence-electron chi connectivity index (χ1n) is 7.55. The molecular formula is C17H17NO5S2. The molecule has 3 rings (SSSR count). The Hall–Kier alpha value is -2.19. The Morgan fingerprint density at radius 1 is 1.08 bits per heavy atom. The standard InChI is InChI=1S/C17H17NO5S2/c1-10(2)14-8-13(9-15-16(14)17(19)18-25(15,21)22)24(20)12-6-4-11(23-3)5-7-12/h4-10H,1-3H3,(H,18,19). The van der Waals surface area contributed by atoms with Crippen molar-refractivity contribution in [2.45, 2.75) is 34.5 Å². The maximum Gasteiger partial charge on any atom is 0.266 e. The number of nitrogens with one attached hydrogen (secondary N) is 1. The molecule has 0 saturated carbocycles. The average Bonchev–Trinajstić information content (AvgIpc) is 2.82. The number of rotatable bonds is 4. The molecule has 2 aromatic rings. The molecule has 1 amide bonds. The maximum absolute atomic E-state index is 12.9. The van der Waals surface area contributed by atoms with Gasteiger partial charge in [0.2, 0.25) is 0 Å². The molecule has 132 valence electrons. The van der Waals surface area contributed by atoms with Gasteiger partial charge in [-0.05, 0) is 47.9 Å². The minimum atomic E-state index is -3.91.